The topological polar surface area (TPSA) is 82.8 Å². The first kappa shape index (κ1) is 18.9. The molecule has 2 heterocycles. The zero-order valence-corrected chi connectivity index (χ0v) is 16.0. The fourth-order valence-corrected chi connectivity index (χ4v) is 5.03. The maximum absolute atomic E-state index is 12.8. The van der Waals surface area contributed by atoms with Crippen LogP contribution in [0, 0.1) is 18.3 Å². The molecule has 28 heavy (non-hydrogen) atoms. The number of hydrogen-bond acceptors (Lipinski definition) is 4. The molecule has 1 saturated carbocycles. The zero-order chi connectivity index (χ0) is 19.9. The van der Waals surface area contributed by atoms with E-state index >= 15 is 0 Å². The van der Waals surface area contributed by atoms with E-state index in [0.29, 0.717) is 13.1 Å². The predicted octanol–water partition coefficient (Wildman–Crippen LogP) is 1.14. The van der Waals surface area contributed by atoms with Crippen molar-refractivity contribution in [2.45, 2.75) is 31.9 Å². The highest BCUT2D eigenvalue weighted by Gasteiger charge is 2.71. The van der Waals surface area contributed by atoms with E-state index in [2.05, 4.69) is 0 Å². The quantitative estimate of drug-likeness (QED) is 0.813. The number of nitrogens with zero attached hydrogens (tertiary/aromatic N) is 2. The van der Waals surface area contributed by atoms with Gasteiger partial charge in [0.1, 0.15) is 0 Å². The number of carbonyl (C=O) groups excluding carboxylic acids is 1. The number of benzene rings is 1. The minimum absolute atomic E-state index is 0.00272. The van der Waals surface area contributed by atoms with Gasteiger partial charge in [0.05, 0.1) is 6.10 Å². The van der Waals surface area contributed by atoms with Gasteiger partial charge in [-0.1, -0.05) is 36.4 Å². The van der Waals surface area contributed by atoms with E-state index in [1.54, 1.807) is 15.5 Å². The smallest absolute Gasteiger partial charge is 0.250 e. The Bertz CT molecular complexity index is 926. The third-order valence-electron chi connectivity index (χ3n) is 6.57. The fourth-order valence-electron chi connectivity index (χ4n) is 5.03. The fraction of sp³-hybridized carbons (Fsp3) is 0.455. The zero-order valence-electron chi connectivity index (χ0n) is 16.0. The maximum Gasteiger partial charge on any atom is 0.250 e. The summed E-state index contributed by atoms with van der Waals surface area (Å²) in [6.07, 6.45) is -0.437. The number of carbonyl (C=O) groups is 1. The van der Waals surface area contributed by atoms with Crippen molar-refractivity contribution in [3.05, 3.63) is 70.1 Å². The Hall–Kier alpha value is -2.44. The number of amides is 1. The number of hydrogen-bond donors (Lipinski definition) is 2. The molecular formula is C22H26N2O4. The molecular weight excluding hydrogens is 356 g/mol. The van der Waals surface area contributed by atoms with Gasteiger partial charge in [-0.25, -0.2) is 0 Å². The van der Waals surface area contributed by atoms with Gasteiger partial charge in [0.25, 0.3) is 5.56 Å². The minimum atomic E-state index is -0.653. The van der Waals surface area contributed by atoms with Crippen LogP contribution in [0.2, 0.25) is 0 Å². The largest absolute Gasteiger partial charge is 0.396 e. The Morgan fingerprint density at radius 2 is 1.93 bits per heavy atom. The second-order valence-corrected chi connectivity index (χ2v) is 7.99. The summed E-state index contributed by atoms with van der Waals surface area (Å²) in [4.78, 5) is 26.5. The predicted molar refractivity (Wildman–Crippen MR) is 105 cm³/mol. The van der Waals surface area contributed by atoms with Crippen molar-refractivity contribution in [3.63, 3.8) is 0 Å². The van der Waals surface area contributed by atoms with Gasteiger partial charge in [-0.2, -0.15) is 0 Å². The lowest BCUT2D eigenvalue weighted by atomic mass is 9.95. The number of aliphatic hydroxyl groups excluding tert-OH is 2. The van der Waals surface area contributed by atoms with Crippen molar-refractivity contribution in [1.29, 1.82) is 0 Å². The van der Waals surface area contributed by atoms with Gasteiger partial charge >= 0.3 is 0 Å². The summed E-state index contributed by atoms with van der Waals surface area (Å²) in [6.45, 7) is 2.90. The molecule has 0 unspecified atom stereocenters. The SMILES string of the molecule is Cc1cccc(=O)n1CCC(=O)N1C[C@H](O)[C@@]2(C1)[C@H](CO)[C@H]2c1ccccc1. The highest BCUT2D eigenvalue weighted by Crippen LogP contribution is 2.68. The van der Waals surface area contributed by atoms with Gasteiger partial charge < -0.3 is 19.7 Å². The van der Waals surface area contributed by atoms with Crippen LogP contribution in [0.5, 0.6) is 0 Å². The van der Waals surface area contributed by atoms with E-state index in [4.69, 9.17) is 0 Å². The van der Waals surface area contributed by atoms with E-state index in [-0.39, 0.29) is 42.9 Å². The Morgan fingerprint density at radius 3 is 2.61 bits per heavy atom. The van der Waals surface area contributed by atoms with Crippen molar-refractivity contribution in [2.75, 3.05) is 19.7 Å². The van der Waals surface area contributed by atoms with Crippen LogP contribution in [-0.2, 0) is 11.3 Å². The molecule has 1 aromatic carbocycles. The van der Waals surface area contributed by atoms with E-state index in [9.17, 15) is 19.8 Å². The first-order valence-corrected chi connectivity index (χ1v) is 9.77. The summed E-state index contributed by atoms with van der Waals surface area (Å²) >= 11 is 0. The lowest BCUT2D eigenvalue weighted by molar-refractivity contribution is -0.130. The van der Waals surface area contributed by atoms with Gasteiger partial charge in [-0.15, -0.1) is 0 Å². The van der Waals surface area contributed by atoms with Crippen molar-refractivity contribution in [2.24, 2.45) is 11.3 Å². The highest BCUT2D eigenvalue weighted by atomic mass is 16.3. The van der Waals surface area contributed by atoms with Crippen molar-refractivity contribution < 1.29 is 15.0 Å². The Labute approximate surface area is 164 Å². The van der Waals surface area contributed by atoms with Gasteiger partial charge in [0, 0.05) is 49.8 Å². The number of β-amino-alcohol motifs (C(OH)–C–C–N with tert-alkyl or cyclic N) is 1. The number of aliphatic hydroxyl groups is 2. The molecule has 1 spiro atoms. The minimum Gasteiger partial charge on any atom is -0.396 e. The van der Waals surface area contributed by atoms with Crippen molar-refractivity contribution in [3.8, 4) is 0 Å². The summed E-state index contributed by atoms with van der Waals surface area (Å²) in [7, 11) is 0. The highest BCUT2D eigenvalue weighted by molar-refractivity contribution is 5.77. The van der Waals surface area contributed by atoms with E-state index in [1.807, 2.05) is 43.3 Å². The Kier molecular flexibility index (Phi) is 4.85. The molecule has 2 N–H and O–H groups in total. The van der Waals surface area contributed by atoms with Crippen LogP contribution >= 0.6 is 0 Å². The molecule has 0 radical (unpaired) electrons. The summed E-state index contributed by atoms with van der Waals surface area (Å²) in [6, 6.07) is 14.9. The summed E-state index contributed by atoms with van der Waals surface area (Å²) in [5.41, 5.74) is 1.34. The molecule has 1 aromatic heterocycles. The van der Waals surface area contributed by atoms with Crippen LogP contribution in [0.3, 0.4) is 0 Å². The normalized spacial score (nSPS) is 28.7. The number of aromatic nitrogens is 1. The summed E-state index contributed by atoms with van der Waals surface area (Å²) in [5.74, 6) is -0.0475. The molecule has 4 rings (SSSR count). The number of aryl methyl sites for hydroxylation is 1. The van der Waals surface area contributed by atoms with Crippen LogP contribution in [0.15, 0.2) is 53.3 Å². The standard InChI is InChI=1S/C22H26N2O4/c1-15-6-5-9-20(28)24(15)11-10-19(27)23-12-18(26)22(14-23)17(13-25)21(22)16-7-3-2-4-8-16/h2-9,17-18,21,25-26H,10-14H2,1H3/t17-,18+,21-,22-/m1/s1. The third-order valence-corrected chi connectivity index (χ3v) is 6.57. The van der Waals surface area contributed by atoms with Gasteiger partial charge in [-0.05, 0) is 30.4 Å². The molecule has 2 fully saturated rings. The van der Waals surface area contributed by atoms with E-state index < -0.39 is 11.5 Å². The molecule has 1 amide bonds. The molecule has 2 aromatic rings. The Balaban J connectivity index is 1.47. The summed E-state index contributed by atoms with van der Waals surface area (Å²) in [5, 5.41) is 20.7. The van der Waals surface area contributed by atoms with Crippen LogP contribution in [0.4, 0.5) is 0 Å². The lowest BCUT2D eigenvalue weighted by Crippen LogP contribution is -2.32. The number of likely N-dealkylation sites (tertiary alicyclic amines) is 1. The van der Waals surface area contributed by atoms with Gasteiger partial charge in [0.15, 0.2) is 0 Å². The summed E-state index contributed by atoms with van der Waals surface area (Å²) < 4.78 is 1.60. The molecule has 6 nitrogen and oxygen atoms in total. The van der Waals surface area contributed by atoms with Crippen molar-refractivity contribution in [1.82, 2.24) is 9.47 Å². The molecule has 148 valence electrons. The van der Waals surface area contributed by atoms with Crippen molar-refractivity contribution >= 4 is 5.91 Å². The van der Waals surface area contributed by atoms with Crippen LogP contribution < -0.4 is 5.56 Å². The monoisotopic (exact) mass is 382 g/mol. The first-order valence-electron chi connectivity index (χ1n) is 9.77. The molecule has 6 heteroatoms. The second-order valence-electron chi connectivity index (χ2n) is 7.99. The van der Waals surface area contributed by atoms with Crippen LogP contribution in [-0.4, -0.2) is 51.4 Å². The number of pyridine rings is 1. The van der Waals surface area contributed by atoms with Gasteiger partial charge in [-0.3, -0.25) is 9.59 Å². The molecule has 1 saturated heterocycles. The molecule has 4 atom stereocenters. The molecule has 0 bridgehead atoms. The second kappa shape index (κ2) is 7.18. The Morgan fingerprint density at radius 1 is 1.18 bits per heavy atom. The first-order chi connectivity index (χ1) is 13.5. The lowest BCUT2D eigenvalue weighted by Gasteiger charge is -2.17. The van der Waals surface area contributed by atoms with Gasteiger partial charge in [0.2, 0.25) is 5.91 Å². The van der Waals surface area contributed by atoms with Crippen LogP contribution in [0.1, 0.15) is 23.6 Å². The molecule has 1 aliphatic carbocycles. The van der Waals surface area contributed by atoms with Crippen LogP contribution in [0.25, 0.3) is 0 Å². The molecule has 1 aliphatic heterocycles. The average molecular weight is 382 g/mol. The van der Waals surface area contributed by atoms with E-state index in [0.717, 1.165) is 11.3 Å². The maximum atomic E-state index is 12.8. The third kappa shape index (κ3) is 2.97. The average Bonchev–Trinajstić information content (AvgIpc) is 3.22. The molecule has 2 aliphatic rings. The van der Waals surface area contributed by atoms with E-state index in [1.165, 1.54) is 6.07 Å². The number of rotatable bonds is 5.